The molecule has 240 valence electrons. The second-order valence-corrected chi connectivity index (χ2v) is 13.4. The van der Waals surface area contributed by atoms with Crippen LogP contribution in [0.5, 0.6) is 0 Å². The molecule has 9 atom stereocenters. The van der Waals surface area contributed by atoms with E-state index in [2.05, 4.69) is 0 Å². The first kappa shape index (κ1) is 32.5. The lowest BCUT2D eigenvalue weighted by atomic mass is 9.42. The largest absolute Gasteiger partial charge is 0.459 e. The minimum atomic E-state index is -2.18. The number of benzene rings is 2. The highest BCUT2D eigenvalue weighted by Crippen LogP contribution is 2.70. The van der Waals surface area contributed by atoms with Gasteiger partial charge < -0.3 is 24.1 Å². The monoisotopic (exact) mass is 620 g/mol. The average molecular weight is 621 g/mol. The Labute approximate surface area is 262 Å². The zero-order valence-electron chi connectivity index (χ0n) is 26.6. The van der Waals surface area contributed by atoms with Crippen LogP contribution < -0.4 is 0 Å². The molecule has 0 amide bonds. The van der Waals surface area contributed by atoms with Gasteiger partial charge in [0, 0.05) is 12.8 Å². The molecule has 0 aromatic heterocycles. The third-order valence-electron chi connectivity index (χ3n) is 10.4. The van der Waals surface area contributed by atoms with Gasteiger partial charge in [0.1, 0.15) is 41.1 Å². The average Bonchev–Trinajstić information content (AvgIpc) is 3.15. The molecule has 3 fully saturated rings. The lowest BCUT2D eigenvalue weighted by Crippen LogP contribution is -2.84. The van der Waals surface area contributed by atoms with Crippen molar-refractivity contribution in [2.24, 2.45) is 23.2 Å². The molecule has 2 aliphatic carbocycles. The van der Waals surface area contributed by atoms with Crippen LogP contribution in [0.2, 0.25) is 0 Å². The van der Waals surface area contributed by atoms with Crippen LogP contribution in [-0.2, 0) is 33.3 Å². The number of esters is 3. The molecule has 0 unspecified atom stereocenters. The Balaban J connectivity index is 1.80. The van der Waals surface area contributed by atoms with Crippen LogP contribution >= 0.6 is 0 Å². The topological polar surface area (TPSA) is 142 Å². The Morgan fingerprint density at radius 2 is 1.24 bits per heavy atom. The summed E-state index contributed by atoms with van der Waals surface area (Å²) in [5.41, 5.74) is -6.53. The van der Waals surface area contributed by atoms with E-state index in [1.54, 1.807) is 81.4 Å². The first-order valence-corrected chi connectivity index (χ1v) is 15.1. The zero-order chi connectivity index (χ0) is 33.1. The van der Waals surface area contributed by atoms with E-state index in [1.165, 1.54) is 27.7 Å². The number of hydrogen-bond donors (Lipinski definition) is 1. The molecule has 2 aromatic rings. The summed E-state index contributed by atoms with van der Waals surface area (Å²) < 4.78 is 25.3. The van der Waals surface area contributed by atoms with E-state index in [1.807, 2.05) is 0 Å². The lowest BCUT2D eigenvalue weighted by molar-refractivity contribution is -0.345. The Morgan fingerprint density at radius 1 is 0.733 bits per heavy atom. The first-order valence-electron chi connectivity index (χ1n) is 15.1. The van der Waals surface area contributed by atoms with Gasteiger partial charge in [-0.25, -0.2) is 9.59 Å². The molecule has 2 saturated carbocycles. The fourth-order valence-corrected chi connectivity index (χ4v) is 8.53. The highest BCUT2D eigenvalue weighted by atomic mass is 16.6. The van der Waals surface area contributed by atoms with Crippen LogP contribution in [0.1, 0.15) is 75.6 Å². The molecule has 2 aromatic carbocycles. The highest BCUT2D eigenvalue weighted by Gasteiger charge is 2.86. The van der Waals surface area contributed by atoms with Gasteiger partial charge in [-0.2, -0.15) is 0 Å². The van der Waals surface area contributed by atoms with Gasteiger partial charge >= 0.3 is 17.9 Å². The number of carbonyl (C=O) groups is 5. The van der Waals surface area contributed by atoms with E-state index in [4.69, 9.17) is 18.9 Å². The minimum Gasteiger partial charge on any atom is -0.459 e. The van der Waals surface area contributed by atoms with Crippen molar-refractivity contribution in [2.45, 2.75) is 90.0 Å². The molecule has 1 N–H and O–H groups in total. The molecule has 1 heterocycles. The predicted octanol–water partition coefficient (Wildman–Crippen LogP) is 4.12. The molecule has 2 bridgehead atoms. The molecule has 10 heteroatoms. The summed E-state index contributed by atoms with van der Waals surface area (Å²) >= 11 is 0. The maximum atomic E-state index is 13.8. The van der Waals surface area contributed by atoms with Gasteiger partial charge in [-0.1, -0.05) is 36.4 Å². The van der Waals surface area contributed by atoms with Crippen molar-refractivity contribution in [1.82, 2.24) is 0 Å². The van der Waals surface area contributed by atoms with Crippen LogP contribution in [0, 0.1) is 23.2 Å². The van der Waals surface area contributed by atoms with Crippen LogP contribution in [0.25, 0.3) is 0 Å². The minimum absolute atomic E-state index is 0.0760. The van der Waals surface area contributed by atoms with Gasteiger partial charge in [0.2, 0.25) is 0 Å². The fourth-order valence-electron chi connectivity index (χ4n) is 8.53. The van der Waals surface area contributed by atoms with Gasteiger partial charge in [0.05, 0.1) is 34.0 Å². The predicted molar refractivity (Wildman–Crippen MR) is 160 cm³/mol. The van der Waals surface area contributed by atoms with Crippen molar-refractivity contribution in [1.29, 1.82) is 0 Å². The molecule has 45 heavy (non-hydrogen) atoms. The van der Waals surface area contributed by atoms with Gasteiger partial charge in [-0.15, -0.1) is 0 Å². The maximum absolute atomic E-state index is 13.8. The normalized spacial score (nSPS) is 36.3. The Bertz CT molecular complexity index is 1520. The van der Waals surface area contributed by atoms with Crippen molar-refractivity contribution in [3.05, 3.63) is 71.8 Å². The lowest BCUT2D eigenvalue weighted by Gasteiger charge is -2.67. The van der Waals surface area contributed by atoms with Crippen LogP contribution in [0.15, 0.2) is 60.7 Å². The second kappa shape index (κ2) is 11.2. The fraction of sp³-hybridized carbons (Fsp3) is 0.514. The highest BCUT2D eigenvalue weighted by molar-refractivity contribution is 5.93. The molecule has 3 aliphatic rings. The van der Waals surface area contributed by atoms with Crippen molar-refractivity contribution in [2.75, 3.05) is 0 Å². The quantitative estimate of drug-likeness (QED) is 0.355. The van der Waals surface area contributed by atoms with Gasteiger partial charge in [-0.3, -0.25) is 14.4 Å². The third-order valence-corrected chi connectivity index (χ3v) is 10.4. The number of hydrogen-bond acceptors (Lipinski definition) is 10. The molecule has 1 aliphatic heterocycles. The summed E-state index contributed by atoms with van der Waals surface area (Å²) in [6.45, 7) is 10.3. The van der Waals surface area contributed by atoms with Crippen LogP contribution in [0.4, 0.5) is 0 Å². The number of ether oxygens (including phenoxy) is 4. The number of Topliss-reactive ketones (excluding diaryl/α,β-unsaturated/α-hetero) is 2. The first-order chi connectivity index (χ1) is 21.0. The summed E-state index contributed by atoms with van der Waals surface area (Å²) in [4.78, 5) is 67.2. The Hall–Kier alpha value is -3.89. The van der Waals surface area contributed by atoms with Gasteiger partial charge in [-0.05, 0) is 72.2 Å². The van der Waals surface area contributed by atoms with Crippen LogP contribution in [0.3, 0.4) is 0 Å². The standard InChI is InChI=1S/C35H40O10/c1-19(36)26-27(20(2)37)34(7,41)35-28(42-21(3)38)24(32(4,5)45-35)18-25(43-30(39)22-14-10-8-11-15-22)33(35,6)29(26)44-31(40)23-16-12-9-13-17-23/h8-17,24-29,41H,18H2,1-7H3/t24-,25+,26-,27+,28-,29+,33-,34+,35-/m1/s1. The van der Waals surface area contributed by atoms with Crippen LogP contribution in [-0.4, -0.2) is 69.7 Å². The van der Waals surface area contributed by atoms with Gasteiger partial charge in [0.25, 0.3) is 0 Å². The maximum Gasteiger partial charge on any atom is 0.338 e. The summed E-state index contributed by atoms with van der Waals surface area (Å²) in [5.74, 6) is -6.62. The molecule has 1 saturated heterocycles. The van der Waals surface area contributed by atoms with E-state index in [-0.39, 0.29) is 17.5 Å². The number of carbonyl (C=O) groups excluding carboxylic acids is 5. The van der Waals surface area contributed by atoms with Crippen molar-refractivity contribution in [3.8, 4) is 0 Å². The summed E-state index contributed by atoms with van der Waals surface area (Å²) in [7, 11) is 0. The second-order valence-electron chi connectivity index (χ2n) is 13.4. The van der Waals surface area contributed by atoms with Crippen molar-refractivity contribution < 1.29 is 48.0 Å². The molecule has 0 radical (unpaired) electrons. The Kier molecular flexibility index (Phi) is 8.07. The van der Waals surface area contributed by atoms with Crippen molar-refractivity contribution >= 4 is 29.5 Å². The summed E-state index contributed by atoms with van der Waals surface area (Å²) in [5, 5.41) is 12.7. The molecule has 1 spiro atoms. The third kappa shape index (κ3) is 4.80. The molecular weight excluding hydrogens is 580 g/mol. The molecule has 10 nitrogen and oxygen atoms in total. The SMILES string of the molecule is CC(=O)O[C@@H]1[C@H]2C[C@H](OC(=O)c3ccccc3)[C@]3(C)[C@@H](OC(=O)c4ccccc4)[C@H](C(C)=O)[C@H](C(C)=O)[C@](C)(O)[C@@]13OC2(C)C. The van der Waals surface area contributed by atoms with E-state index >= 15 is 0 Å². The summed E-state index contributed by atoms with van der Waals surface area (Å²) in [6, 6.07) is 16.4. The van der Waals surface area contributed by atoms with E-state index in [0.717, 1.165) is 0 Å². The van der Waals surface area contributed by atoms with E-state index in [9.17, 15) is 29.1 Å². The number of aliphatic hydroxyl groups is 1. The van der Waals surface area contributed by atoms with E-state index in [0.29, 0.717) is 0 Å². The zero-order valence-corrected chi connectivity index (χ0v) is 26.6. The number of rotatable bonds is 7. The molecular formula is C35H40O10. The van der Waals surface area contributed by atoms with Crippen molar-refractivity contribution in [3.63, 3.8) is 0 Å². The molecule has 5 rings (SSSR count). The smallest absolute Gasteiger partial charge is 0.338 e. The Morgan fingerprint density at radius 3 is 1.71 bits per heavy atom. The van der Waals surface area contributed by atoms with E-state index < -0.39 is 87.8 Å². The number of fused-ring (bicyclic) bond motifs is 1. The number of ketones is 2. The van der Waals surface area contributed by atoms with Gasteiger partial charge in [0.15, 0.2) is 0 Å². The summed E-state index contributed by atoms with van der Waals surface area (Å²) in [6.07, 6.45) is -3.67.